The van der Waals surface area contributed by atoms with Gasteiger partial charge >= 0.3 is 0 Å². The standard InChI is InChI=1S/C13H16ClNO6/c1-5-9(16)10(17)11(18)12(21-5)15-8-4-6(14)2-3-7(8)13(19)20/h2-5,9-12,15-18H,1H3,(H,19,20)/p-1/t5-,9-,10-,11-,12+/m0/s1. The van der Waals surface area contributed by atoms with E-state index in [4.69, 9.17) is 16.3 Å². The van der Waals surface area contributed by atoms with Crippen molar-refractivity contribution in [2.24, 2.45) is 0 Å². The number of hydrogen-bond donors (Lipinski definition) is 4. The van der Waals surface area contributed by atoms with E-state index in [-0.39, 0.29) is 16.3 Å². The van der Waals surface area contributed by atoms with Crippen molar-refractivity contribution in [3.05, 3.63) is 28.8 Å². The van der Waals surface area contributed by atoms with Gasteiger partial charge in [0.2, 0.25) is 0 Å². The van der Waals surface area contributed by atoms with E-state index < -0.39 is 36.6 Å². The molecule has 0 unspecified atom stereocenters. The zero-order valence-corrected chi connectivity index (χ0v) is 11.8. The van der Waals surface area contributed by atoms with E-state index in [2.05, 4.69) is 5.32 Å². The number of halogens is 1. The maximum absolute atomic E-state index is 11.1. The van der Waals surface area contributed by atoms with Crippen molar-refractivity contribution in [3.63, 3.8) is 0 Å². The van der Waals surface area contributed by atoms with Gasteiger partial charge in [0.25, 0.3) is 0 Å². The summed E-state index contributed by atoms with van der Waals surface area (Å²) in [5.74, 6) is -1.42. The predicted molar refractivity (Wildman–Crippen MR) is 71.8 cm³/mol. The van der Waals surface area contributed by atoms with Gasteiger partial charge < -0.3 is 35.3 Å². The lowest BCUT2D eigenvalue weighted by Gasteiger charge is -2.40. The van der Waals surface area contributed by atoms with Crippen LogP contribution in [-0.4, -0.2) is 51.9 Å². The Hall–Kier alpha value is -1.38. The average molecular weight is 317 g/mol. The molecule has 0 aliphatic carbocycles. The van der Waals surface area contributed by atoms with Gasteiger partial charge in [-0.3, -0.25) is 0 Å². The molecule has 21 heavy (non-hydrogen) atoms. The minimum atomic E-state index is -1.44. The highest BCUT2D eigenvalue weighted by Crippen LogP contribution is 2.26. The molecule has 0 bridgehead atoms. The molecule has 4 N–H and O–H groups in total. The lowest BCUT2D eigenvalue weighted by molar-refractivity contribution is -0.254. The van der Waals surface area contributed by atoms with Crippen molar-refractivity contribution in [2.45, 2.75) is 37.6 Å². The van der Waals surface area contributed by atoms with Gasteiger partial charge in [-0.15, -0.1) is 0 Å². The molecule has 0 aromatic heterocycles. The molecule has 116 valence electrons. The van der Waals surface area contributed by atoms with Crippen LogP contribution in [0.5, 0.6) is 0 Å². The molecule has 1 fully saturated rings. The maximum atomic E-state index is 11.1. The molecule has 7 nitrogen and oxygen atoms in total. The Labute approximate surface area is 125 Å². The Balaban J connectivity index is 2.25. The summed E-state index contributed by atoms with van der Waals surface area (Å²) in [5.41, 5.74) is -0.0780. The molecule has 8 heteroatoms. The zero-order chi connectivity index (χ0) is 15.7. The first-order valence-electron chi connectivity index (χ1n) is 6.28. The average Bonchev–Trinajstić information content (AvgIpc) is 2.42. The summed E-state index contributed by atoms with van der Waals surface area (Å²) in [6, 6.07) is 3.98. The highest BCUT2D eigenvalue weighted by atomic mass is 35.5. The number of aromatic carboxylic acids is 1. The van der Waals surface area contributed by atoms with E-state index in [1.165, 1.54) is 25.1 Å². The van der Waals surface area contributed by atoms with E-state index in [1.807, 2.05) is 0 Å². The van der Waals surface area contributed by atoms with Crippen LogP contribution in [0.2, 0.25) is 5.02 Å². The highest BCUT2D eigenvalue weighted by molar-refractivity contribution is 6.31. The van der Waals surface area contributed by atoms with Gasteiger partial charge in [0.1, 0.15) is 18.3 Å². The van der Waals surface area contributed by atoms with Crippen molar-refractivity contribution in [2.75, 3.05) is 5.32 Å². The van der Waals surface area contributed by atoms with E-state index in [0.717, 1.165) is 0 Å². The number of aliphatic hydroxyl groups excluding tert-OH is 3. The third kappa shape index (κ3) is 3.28. The van der Waals surface area contributed by atoms with Gasteiger partial charge in [0, 0.05) is 16.3 Å². The third-order valence-corrected chi connectivity index (χ3v) is 3.59. The van der Waals surface area contributed by atoms with E-state index >= 15 is 0 Å². The number of carboxylic acid groups (broad SMARTS) is 1. The molecule has 0 amide bonds. The van der Waals surface area contributed by atoms with Crippen LogP contribution in [0.4, 0.5) is 5.69 Å². The summed E-state index contributed by atoms with van der Waals surface area (Å²) >= 11 is 5.81. The van der Waals surface area contributed by atoms with E-state index in [1.54, 1.807) is 0 Å². The number of carboxylic acids is 1. The van der Waals surface area contributed by atoms with Gasteiger partial charge in [-0.25, -0.2) is 0 Å². The first kappa shape index (κ1) is 16.0. The normalized spacial score (nSPS) is 32.7. The molecule has 1 aromatic rings. The molecule has 1 saturated heterocycles. The second kappa shape index (κ2) is 6.17. The maximum Gasteiger partial charge on any atom is 0.157 e. The monoisotopic (exact) mass is 316 g/mol. The fourth-order valence-electron chi connectivity index (χ4n) is 2.14. The summed E-state index contributed by atoms with van der Waals surface area (Å²) in [5, 5.41) is 43.2. The smallest absolute Gasteiger partial charge is 0.157 e. The number of rotatable bonds is 3. The number of anilines is 1. The number of hydrogen-bond acceptors (Lipinski definition) is 7. The fourth-order valence-corrected chi connectivity index (χ4v) is 2.31. The Kier molecular flexibility index (Phi) is 4.70. The van der Waals surface area contributed by atoms with Crippen LogP contribution in [-0.2, 0) is 4.74 Å². The van der Waals surface area contributed by atoms with Crippen molar-refractivity contribution in [3.8, 4) is 0 Å². The minimum absolute atomic E-state index is 0.0855. The van der Waals surface area contributed by atoms with Gasteiger partial charge in [-0.2, -0.15) is 0 Å². The largest absolute Gasteiger partial charge is 0.545 e. The van der Waals surface area contributed by atoms with Crippen molar-refractivity contribution in [1.29, 1.82) is 0 Å². The molecular formula is C13H15ClNO6-. The van der Waals surface area contributed by atoms with Crippen LogP contribution < -0.4 is 10.4 Å². The lowest BCUT2D eigenvalue weighted by Crippen LogP contribution is -2.58. The van der Waals surface area contributed by atoms with Gasteiger partial charge in [-0.05, 0) is 25.1 Å². The second-order valence-corrected chi connectivity index (χ2v) is 5.29. The number of carbonyl (C=O) groups excluding carboxylic acids is 1. The number of carbonyl (C=O) groups is 1. The van der Waals surface area contributed by atoms with Crippen molar-refractivity contribution >= 4 is 23.3 Å². The molecule has 1 aliphatic rings. The third-order valence-electron chi connectivity index (χ3n) is 3.35. The first-order chi connectivity index (χ1) is 9.81. The van der Waals surface area contributed by atoms with E-state index in [0.29, 0.717) is 0 Å². The van der Waals surface area contributed by atoms with Crippen molar-refractivity contribution in [1.82, 2.24) is 0 Å². The van der Waals surface area contributed by atoms with Gasteiger partial charge in [0.15, 0.2) is 6.23 Å². The summed E-state index contributed by atoms with van der Waals surface area (Å²) in [6.07, 6.45) is -5.94. The van der Waals surface area contributed by atoms with Gasteiger partial charge in [0.05, 0.1) is 12.1 Å². The van der Waals surface area contributed by atoms with Crippen LogP contribution in [0.15, 0.2) is 18.2 Å². The molecule has 1 heterocycles. The number of aliphatic hydroxyl groups is 3. The molecule has 0 radical (unpaired) electrons. The molecule has 0 spiro atoms. The highest BCUT2D eigenvalue weighted by Gasteiger charge is 2.41. The Bertz CT molecular complexity index is 539. The topological polar surface area (TPSA) is 122 Å². The molecule has 5 atom stereocenters. The first-order valence-corrected chi connectivity index (χ1v) is 6.66. The number of benzene rings is 1. The van der Waals surface area contributed by atoms with Crippen LogP contribution >= 0.6 is 11.6 Å². The van der Waals surface area contributed by atoms with Gasteiger partial charge in [-0.1, -0.05) is 11.6 Å². The molecular weight excluding hydrogens is 302 g/mol. The Morgan fingerprint density at radius 1 is 1.29 bits per heavy atom. The molecule has 1 aliphatic heterocycles. The number of nitrogens with one attached hydrogen (secondary N) is 1. The van der Waals surface area contributed by atoms with E-state index in [9.17, 15) is 25.2 Å². The summed E-state index contributed by atoms with van der Waals surface area (Å²) in [6.45, 7) is 1.52. The lowest BCUT2D eigenvalue weighted by atomic mass is 9.99. The zero-order valence-electron chi connectivity index (χ0n) is 11.1. The summed E-state index contributed by atoms with van der Waals surface area (Å²) < 4.78 is 5.33. The van der Waals surface area contributed by atoms with Crippen LogP contribution in [0.25, 0.3) is 0 Å². The Morgan fingerprint density at radius 2 is 1.95 bits per heavy atom. The van der Waals surface area contributed by atoms with Crippen LogP contribution in [0.1, 0.15) is 17.3 Å². The minimum Gasteiger partial charge on any atom is -0.545 e. The fraction of sp³-hybridized carbons (Fsp3) is 0.462. The summed E-state index contributed by atoms with van der Waals surface area (Å²) in [7, 11) is 0. The quantitative estimate of drug-likeness (QED) is 0.561. The SMILES string of the molecule is C[C@@H]1O[C@@H](Nc2cc(Cl)ccc2C(=O)[O-])[C@@H](O)[C@@H](O)[C@H]1O. The predicted octanol–water partition coefficient (Wildman–Crippen LogP) is -1.06. The van der Waals surface area contributed by atoms with Crippen LogP contribution in [0.3, 0.4) is 0 Å². The van der Waals surface area contributed by atoms with Crippen molar-refractivity contribution < 1.29 is 30.0 Å². The molecule has 2 rings (SSSR count). The summed E-state index contributed by atoms with van der Waals surface area (Å²) in [4.78, 5) is 11.1. The number of ether oxygens (including phenoxy) is 1. The van der Waals surface area contributed by atoms with Crippen LogP contribution in [0, 0.1) is 0 Å². The molecule has 1 aromatic carbocycles. The Morgan fingerprint density at radius 3 is 2.57 bits per heavy atom. The molecule has 0 saturated carbocycles. The second-order valence-electron chi connectivity index (χ2n) is 4.86.